The van der Waals surface area contributed by atoms with E-state index >= 15 is 0 Å². The molecule has 2 aliphatic heterocycles. The Kier molecular flexibility index (Phi) is 4.19. The molecule has 0 amide bonds. The molecule has 1 aromatic carbocycles. The number of hydrogen-bond donors (Lipinski definition) is 1. The second kappa shape index (κ2) is 6.74. The van der Waals surface area contributed by atoms with Gasteiger partial charge >= 0.3 is 0 Å². The molecule has 7 heteroatoms. The predicted octanol–water partition coefficient (Wildman–Crippen LogP) is 2.96. The van der Waals surface area contributed by atoms with Gasteiger partial charge in [-0.2, -0.15) is 0 Å². The van der Waals surface area contributed by atoms with Crippen molar-refractivity contribution in [2.45, 2.75) is 32.4 Å². The van der Waals surface area contributed by atoms with Crippen molar-refractivity contribution in [2.75, 3.05) is 36.0 Å². The molecule has 6 nitrogen and oxygen atoms in total. The molecule has 0 spiro atoms. The number of fused-ring (bicyclic) bond motifs is 1. The Morgan fingerprint density at radius 3 is 2.79 bits per heavy atom. The Balaban J connectivity index is 1.72. The van der Waals surface area contributed by atoms with E-state index in [0.717, 1.165) is 54.4 Å². The normalized spacial score (nSPS) is 22.5. The summed E-state index contributed by atoms with van der Waals surface area (Å²) in [7, 11) is 0. The zero-order valence-corrected chi connectivity index (χ0v) is 16.3. The van der Waals surface area contributed by atoms with Crippen LogP contribution in [0.4, 0.5) is 15.9 Å². The lowest BCUT2D eigenvalue weighted by Crippen LogP contribution is -2.54. The fourth-order valence-electron chi connectivity index (χ4n) is 4.18. The van der Waals surface area contributed by atoms with E-state index < -0.39 is 0 Å². The maximum Gasteiger partial charge on any atom is 0.152 e. The minimum Gasteiger partial charge on any atom is -0.369 e. The van der Waals surface area contributed by atoms with E-state index in [2.05, 4.69) is 40.1 Å². The van der Waals surface area contributed by atoms with Crippen LogP contribution in [0.2, 0.25) is 0 Å². The largest absolute Gasteiger partial charge is 0.369 e. The van der Waals surface area contributed by atoms with Crippen LogP contribution in [0.15, 0.2) is 36.8 Å². The van der Waals surface area contributed by atoms with Gasteiger partial charge < -0.3 is 15.1 Å². The van der Waals surface area contributed by atoms with E-state index in [1.54, 1.807) is 18.5 Å². The van der Waals surface area contributed by atoms with E-state index in [9.17, 15) is 4.39 Å². The molecule has 2 saturated heterocycles. The molecule has 2 fully saturated rings. The summed E-state index contributed by atoms with van der Waals surface area (Å²) in [5, 5.41) is 4.60. The number of benzene rings is 1. The third-order valence-corrected chi connectivity index (χ3v) is 5.86. The summed E-state index contributed by atoms with van der Waals surface area (Å²) in [6.45, 7) is 8.31. The molecule has 0 bridgehead atoms. The first-order chi connectivity index (χ1) is 13.6. The van der Waals surface area contributed by atoms with Crippen LogP contribution in [-0.4, -0.2) is 52.8 Å². The molecule has 28 heavy (non-hydrogen) atoms. The number of aromatic nitrogens is 3. The minimum atomic E-state index is -0.247. The highest BCUT2D eigenvalue weighted by Crippen LogP contribution is 2.38. The predicted molar refractivity (Wildman–Crippen MR) is 110 cm³/mol. The van der Waals surface area contributed by atoms with Crippen molar-refractivity contribution < 1.29 is 4.39 Å². The van der Waals surface area contributed by atoms with E-state index in [4.69, 9.17) is 4.98 Å². The van der Waals surface area contributed by atoms with E-state index in [0.29, 0.717) is 12.1 Å². The van der Waals surface area contributed by atoms with Crippen molar-refractivity contribution in [3.8, 4) is 5.69 Å². The van der Waals surface area contributed by atoms with Crippen LogP contribution in [0.25, 0.3) is 16.7 Å². The quantitative estimate of drug-likeness (QED) is 0.757. The summed E-state index contributed by atoms with van der Waals surface area (Å²) < 4.78 is 15.9. The lowest BCUT2D eigenvalue weighted by atomic mass is 10.1. The van der Waals surface area contributed by atoms with Gasteiger partial charge in [-0.1, -0.05) is 6.07 Å². The van der Waals surface area contributed by atoms with Crippen molar-refractivity contribution in [3.63, 3.8) is 0 Å². The van der Waals surface area contributed by atoms with Gasteiger partial charge in [0.2, 0.25) is 0 Å². The number of hydrogen-bond acceptors (Lipinski definition) is 5. The summed E-state index contributed by atoms with van der Waals surface area (Å²) in [6.07, 6.45) is 4.91. The topological polar surface area (TPSA) is 49.2 Å². The first kappa shape index (κ1) is 17.4. The molecule has 2 atom stereocenters. The van der Waals surface area contributed by atoms with Gasteiger partial charge in [-0.15, -0.1) is 0 Å². The lowest BCUT2D eigenvalue weighted by molar-refractivity contribution is 0.423. The molecule has 5 rings (SSSR count). The van der Waals surface area contributed by atoms with Crippen LogP contribution in [0, 0.1) is 5.82 Å². The second-order valence-electron chi connectivity index (χ2n) is 7.91. The van der Waals surface area contributed by atoms with Gasteiger partial charge in [-0.25, -0.2) is 14.4 Å². The molecule has 0 unspecified atom stereocenters. The third kappa shape index (κ3) is 2.81. The van der Waals surface area contributed by atoms with E-state index in [1.807, 2.05) is 10.6 Å². The van der Waals surface area contributed by atoms with Crippen LogP contribution in [0.5, 0.6) is 0 Å². The van der Waals surface area contributed by atoms with Gasteiger partial charge in [-0.05, 0) is 38.5 Å². The lowest BCUT2D eigenvalue weighted by Gasteiger charge is -2.39. The average Bonchev–Trinajstić information content (AvgIpc) is 3.02. The Labute approximate surface area is 164 Å². The monoisotopic (exact) mass is 380 g/mol. The molecule has 2 aliphatic rings. The SMILES string of the molecule is C[C@@H]1CN(c2ncnc3c2c(N2CCC2)cn3-c2cccc(F)c2)[C@@H](C)CN1. The van der Waals surface area contributed by atoms with Gasteiger partial charge in [-0.3, -0.25) is 4.57 Å². The molecular weight excluding hydrogens is 355 g/mol. The zero-order chi connectivity index (χ0) is 19.3. The van der Waals surface area contributed by atoms with E-state index in [-0.39, 0.29) is 5.82 Å². The minimum absolute atomic E-state index is 0.247. The smallest absolute Gasteiger partial charge is 0.152 e. The van der Waals surface area contributed by atoms with Gasteiger partial charge in [0.05, 0.1) is 11.1 Å². The highest BCUT2D eigenvalue weighted by Gasteiger charge is 2.29. The molecule has 0 radical (unpaired) electrons. The van der Waals surface area contributed by atoms with Crippen molar-refractivity contribution in [2.24, 2.45) is 0 Å². The first-order valence-electron chi connectivity index (χ1n) is 9.99. The van der Waals surface area contributed by atoms with Gasteiger partial charge in [0.15, 0.2) is 5.65 Å². The number of nitrogens with one attached hydrogen (secondary N) is 1. The van der Waals surface area contributed by atoms with Gasteiger partial charge in [0, 0.05) is 50.1 Å². The molecule has 4 heterocycles. The van der Waals surface area contributed by atoms with Gasteiger partial charge in [0.25, 0.3) is 0 Å². The molecule has 0 aliphatic carbocycles. The molecular formula is C21H25FN6. The Morgan fingerprint density at radius 2 is 2.04 bits per heavy atom. The van der Waals surface area contributed by atoms with Crippen LogP contribution in [-0.2, 0) is 0 Å². The fourth-order valence-corrected chi connectivity index (χ4v) is 4.18. The van der Waals surface area contributed by atoms with Crippen molar-refractivity contribution >= 4 is 22.5 Å². The summed E-state index contributed by atoms with van der Waals surface area (Å²) in [6, 6.07) is 7.42. The van der Waals surface area contributed by atoms with Crippen molar-refractivity contribution in [3.05, 3.63) is 42.6 Å². The number of anilines is 2. The molecule has 146 valence electrons. The number of piperazine rings is 1. The molecule has 0 saturated carbocycles. The zero-order valence-electron chi connectivity index (χ0n) is 16.3. The number of halogens is 1. The molecule has 3 aromatic rings. The highest BCUT2D eigenvalue weighted by atomic mass is 19.1. The highest BCUT2D eigenvalue weighted by molar-refractivity contribution is 6.01. The number of nitrogens with zero attached hydrogens (tertiary/aromatic N) is 5. The van der Waals surface area contributed by atoms with Crippen LogP contribution < -0.4 is 15.1 Å². The molecule has 1 N–H and O–H groups in total. The number of rotatable bonds is 3. The summed E-state index contributed by atoms with van der Waals surface area (Å²) in [4.78, 5) is 14.1. The average molecular weight is 380 g/mol. The van der Waals surface area contributed by atoms with Crippen LogP contribution >= 0.6 is 0 Å². The Bertz CT molecular complexity index is 1010. The Hall–Kier alpha value is -2.67. The van der Waals surface area contributed by atoms with Crippen LogP contribution in [0.1, 0.15) is 20.3 Å². The standard InChI is InChI=1S/C21H25FN6/c1-14-11-27(15(2)10-23-14)20-19-18(26-7-4-8-26)12-28(21(19)25-13-24-20)17-6-3-5-16(22)9-17/h3,5-6,9,12-15,23H,4,7-8,10-11H2,1-2H3/t14-,15+/m1/s1. The Morgan fingerprint density at radius 1 is 1.18 bits per heavy atom. The summed E-state index contributed by atoms with van der Waals surface area (Å²) >= 11 is 0. The molecule has 2 aromatic heterocycles. The van der Waals surface area contributed by atoms with E-state index in [1.165, 1.54) is 12.5 Å². The maximum absolute atomic E-state index is 13.9. The van der Waals surface area contributed by atoms with Crippen LogP contribution in [0.3, 0.4) is 0 Å². The first-order valence-corrected chi connectivity index (χ1v) is 9.99. The summed E-state index contributed by atoms with van der Waals surface area (Å²) in [5.74, 6) is 0.728. The fraction of sp³-hybridized carbons (Fsp3) is 0.429. The summed E-state index contributed by atoms with van der Waals surface area (Å²) in [5.41, 5.74) is 2.75. The van der Waals surface area contributed by atoms with Gasteiger partial charge in [0.1, 0.15) is 18.0 Å². The second-order valence-corrected chi connectivity index (χ2v) is 7.91. The third-order valence-electron chi connectivity index (χ3n) is 5.86. The van der Waals surface area contributed by atoms with Crippen molar-refractivity contribution in [1.29, 1.82) is 0 Å². The maximum atomic E-state index is 13.9. The van der Waals surface area contributed by atoms with Crippen molar-refractivity contribution in [1.82, 2.24) is 19.9 Å².